The van der Waals surface area contributed by atoms with Crippen LogP contribution in [0.1, 0.15) is 29.1 Å². The molecule has 3 aromatic rings. The summed E-state index contributed by atoms with van der Waals surface area (Å²) >= 11 is 9.15. The first-order valence-corrected chi connectivity index (χ1v) is 13.3. The highest BCUT2D eigenvalue weighted by Gasteiger charge is 2.22. The normalized spacial score (nSPS) is 16.4. The summed E-state index contributed by atoms with van der Waals surface area (Å²) in [5, 5.41) is 1.52. The highest BCUT2D eigenvalue weighted by Crippen LogP contribution is 2.33. The average molecular weight is 489 g/mol. The largest absolute Gasteiger partial charge is 0.368 e. The van der Waals surface area contributed by atoms with E-state index in [0.717, 1.165) is 53.3 Å². The number of aromatic amines is 1. The lowest BCUT2D eigenvalue weighted by Gasteiger charge is -2.36. The number of hydrogen-bond acceptors (Lipinski definition) is 6. The second-order valence-electron chi connectivity index (χ2n) is 8.24. The quantitative estimate of drug-likeness (QED) is 0.585. The van der Waals surface area contributed by atoms with Gasteiger partial charge in [0.2, 0.25) is 5.91 Å². The smallest absolute Gasteiger partial charge is 0.259 e. The third-order valence-electron chi connectivity index (χ3n) is 6.16. The molecule has 0 radical (unpaired) electrons. The van der Waals surface area contributed by atoms with E-state index in [1.807, 2.05) is 29.2 Å². The summed E-state index contributed by atoms with van der Waals surface area (Å²) in [6.07, 6.45) is 4.37. The molecule has 1 aromatic carbocycles. The molecule has 1 aliphatic carbocycles. The van der Waals surface area contributed by atoms with Crippen molar-refractivity contribution in [2.75, 3.05) is 36.8 Å². The topological polar surface area (TPSA) is 69.3 Å². The Kier molecular flexibility index (Phi) is 6.44. The van der Waals surface area contributed by atoms with Crippen LogP contribution in [-0.2, 0) is 23.4 Å². The van der Waals surface area contributed by atoms with Crippen LogP contribution in [-0.4, -0.2) is 52.7 Å². The standard InChI is InChI=1S/C23H25ClN4O2S2/c24-15-5-7-16(8-6-15)27-9-11-28(12-10-27)20(29)14-31-13-19-25-22(30)21-17-3-1-2-4-18(17)32-23(21)26-19/h5-8H,1-4,9-14H2,(H,25,26,30). The van der Waals surface area contributed by atoms with E-state index in [1.165, 1.54) is 28.6 Å². The molecule has 1 amide bonds. The minimum Gasteiger partial charge on any atom is -0.368 e. The van der Waals surface area contributed by atoms with Gasteiger partial charge in [0.25, 0.3) is 5.56 Å². The van der Waals surface area contributed by atoms with Gasteiger partial charge in [-0.3, -0.25) is 9.59 Å². The first-order valence-electron chi connectivity index (χ1n) is 11.0. The summed E-state index contributed by atoms with van der Waals surface area (Å²) in [5.74, 6) is 1.72. The Labute approximate surface area is 200 Å². The summed E-state index contributed by atoms with van der Waals surface area (Å²) in [4.78, 5) is 39.3. The first kappa shape index (κ1) is 21.8. The molecule has 1 aliphatic heterocycles. The van der Waals surface area contributed by atoms with Crippen LogP contribution in [0.4, 0.5) is 5.69 Å². The van der Waals surface area contributed by atoms with Gasteiger partial charge in [0.1, 0.15) is 10.7 Å². The number of hydrogen-bond donors (Lipinski definition) is 1. The lowest BCUT2D eigenvalue weighted by atomic mass is 9.97. The molecule has 0 spiro atoms. The number of thioether (sulfide) groups is 1. The van der Waals surface area contributed by atoms with Crippen LogP contribution < -0.4 is 10.5 Å². The van der Waals surface area contributed by atoms with Gasteiger partial charge in [-0.25, -0.2) is 4.98 Å². The fourth-order valence-corrected chi connectivity index (χ4v) is 6.67. The average Bonchev–Trinajstić information content (AvgIpc) is 3.18. The Morgan fingerprint density at radius 2 is 1.88 bits per heavy atom. The molecule has 0 saturated carbocycles. The molecule has 5 rings (SSSR count). The molecule has 6 nitrogen and oxygen atoms in total. The van der Waals surface area contributed by atoms with Crippen LogP contribution >= 0.6 is 34.7 Å². The summed E-state index contributed by atoms with van der Waals surface area (Å²) in [6, 6.07) is 7.83. The number of amides is 1. The Morgan fingerprint density at radius 3 is 2.66 bits per heavy atom. The number of benzene rings is 1. The van der Waals surface area contributed by atoms with Crippen LogP contribution in [0.3, 0.4) is 0 Å². The number of nitrogens with one attached hydrogen (secondary N) is 1. The number of fused-ring (bicyclic) bond motifs is 3. The van der Waals surface area contributed by atoms with E-state index in [9.17, 15) is 9.59 Å². The van der Waals surface area contributed by atoms with Gasteiger partial charge in [-0.15, -0.1) is 23.1 Å². The van der Waals surface area contributed by atoms with Crippen molar-refractivity contribution >= 4 is 56.5 Å². The molecule has 1 fully saturated rings. The second kappa shape index (κ2) is 9.45. The number of piperazine rings is 1. The molecule has 168 valence electrons. The molecule has 9 heteroatoms. The summed E-state index contributed by atoms with van der Waals surface area (Å²) < 4.78 is 0. The van der Waals surface area contributed by atoms with Crippen LogP contribution in [0.25, 0.3) is 10.2 Å². The Hall–Kier alpha value is -2.03. The van der Waals surface area contributed by atoms with Crippen LogP contribution in [0.5, 0.6) is 0 Å². The lowest BCUT2D eigenvalue weighted by Crippen LogP contribution is -2.49. The molecular formula is C23H25ClN4O2S2. The van der Waals surface area contributed by atoms with Crippen molar-refractivity contribution in [2.45, 2.75) is 31.4 Å². The molecule has 0 unspecified atom stereocenters. The fraction of sp³-hybridized carbons (Fsp3) is 0.435. The van der Waals surface area contributed by atoms with E-state index >= 15 is 0 Å². The van der Waals surface area contributed by atoms with E-state index in [2.05, 4.69) is 9.88 Å². The number of aryl methyl sites for hydroxylation is 2. The van der Waals surface area contributed by atoms with E-state index in [4.69, 9.17) is 16.6 Å². The highest BCUT2D eigenvalue weighted by molar-refractivity contribution is 7.99. The van der Waals surface area contributed by atoms with Gasteiger partial charge in [-0.05, 0) is 55.5 Å². The predicted octanol–water partition coefficient (Wildman–Crippen LogP) is 4.10. The Bertz CT molecular complexity index is 1180. The number of H-pyrrole nitrogens is 1. The number of nitrogens with zero attached hydrogens (tertiary/aromatic N) is 3. The lowest BCUT2D eigenvalue weighted by molar-refractivity contribution is -0.128. The van der Waals surface area contributed by atoms with E-state index in [1.54, 1.807) is 11.3 Å². The third kappa shape index (κ3) is 4.54. The van der Waals surface area contributed by atoms with Gasteiger partial charge < -0.3 is 14.8 Å². The molecule has 0 atom stereocenters. The van der Waals surface area contributed by atoms with Gasteiger partial charge in [0, 0.05) is 41.8 Å². The predicted molar refractivity (Wildman–Crippen MR) is 133 cm³/mol. The second-order valence-corrected chi connectivity index (χ2v) is 10.7. The molecule has 2 aliphatic rings. The zero-order valence-corrected chi connectivity index (χ0v) is 20.1. The molecule has 1 N–H and O–H groups in total. The molecule has 2 aromatic heterocycles. The van der Waals surface area contributed by atoms with Crippen LogP contribution in [0, 0.1) is 0 Å². The van der Waals surface area contributed by atoms with Gasteiger partial charge in [0.05, 0.1) is 16.9 Å². The van der Waals surface area contributed by atoms with Gasteiger partial charge in [0.15, 0.2) is 0 Å². The fourth-order valence-electron chi connectivity index (χ4n) is 4.47. The van der Waals surface area contributed by atoms with E-state index < -0.39 is 0 Å². The molecule has 0 bridgehead atoms. The molecule has 1 saturated heterocycles. The zero-order valence-electron chi connectivity index (χ0n) is 17.7. The van der Waals surface area contributed by atoms with E-state index in [0.29, 0.717) is 30.4 Å². The van der Waals surface area contributed by atoms with Crippen molar-refractivity contribution in [3.05, 3.63) is 55.9 Å². The Morgan fingerprint density at radius 1 is 1.12 bits per heavy atom. The minimum atomic E-state index is -0.0327. The maximum absolute atomic E-state index is 12.7. The zero-order chi connectivity index (χ0) is 22.1. The van der Waals surface area contributed by atoms with Gasteiger partial charge >= 0.3 is 0 Å². The Balaban J connectivity index is 1.15. The van der Waals surface area contributed by atoms with Gasteiger partial charge in [-0.2, -0.15) is 0 Å². The SMILES string of the molecule is O=C(CSCc1nc2sc3c(c2c(=O)[nH]1)CCCC3)N1CCN(c2ccc(Cl)cc2)CC1. The number of carbonyl (C=O) groups is 1. The highest BCUT2D eigenvalue weighted by atomic mass is 35.5. The van der Waals surface area contributed by atoms with Crippen LogP contribution in [0.2, 0.25) is 5.02 Å². The van der Waals surface area contributed by atoms with Crippen LogP contribution in [0.15, 0.2) is 29.1 Å². The van der Waals surface area contributed by atoms with Crippen molar-refractivity contribution in [2.24, 2.45) is 0 Å². The van der Waals surface area contributed by atoms with Crippen molar-refractivity contribution in [1.29, 1.82) is 0 Å². The van der Waals surface area contributed by atoms with Crippen molar-refractivity contribution in [3.63, 3.8) is 0 Å². The number of aromatic nitrogens is 2. The maximum atomic E-state index is 12.7. The van der Waals surface area contributed by atoms with Crippen molar-refractivity contribution < 1.29 is 4.79 Å². The first-order chi connectivity index (χ1) is 15.6. The molecule has 32 heavy (non-hydrogen) atoms. The van der Waals surface area contributed by atoms with E-state index in [-0.39, 0.29) is 11.5 Å². The minimum absolute atomic E-state index is 0.0327. The monoisotopic (exact) mass is 488 g/mol. The summed E-state index contributed by atoms with van der Waals surface area (Å²) in [7, 11) is 0. The number of rotatable bonds is 5. The summed E-state index contributed by atoms with van der Waals surface area (Å²) in [5.41, 5.74) is 2.31. The molecule has 3 heterocycles. The number of anilines is 1. The molecular weight excluding hydrogens is 464 g/mol. The number of carbonyl (C=O) groups excluding carboxylic acids is 1. The van der Waals surface area contributed by atoms with Crippen molar-refractivity contribution in [1.82, 2.24) is 14.9 Å². The number of halogens is 1. The van der Waals surface area contributed by atoms with Gasteiger partial charge in [-0.1, -0.05) is 11.6 Å². The third-order valence-corrected chi connectivity index (χ3v) is 8.53. The number of thiophene rings is 1. The maximum Gasteiger partial charge on any atom is 0.259 e. The summed E-state index contributed by atoms with van der Waals surface area (Å²) in [6.45, 7) is 3.05. The van der Waals surface area contributed by atoms with Crippen molar-refractivity contribution in [3.8, 4) is 0 Å².